The van der Waals surface area contributed by atoms with Crippen molar-refractivity contribution in [1.82, 2.24) is 10.3 Å². The van der Waals surface area contributed by atoms with E-state index in [1.54, 1.807) is 42.6 Å². The summed E-state index contributed by atoms with van der Waals surface area (Å²) in [5.41, 5.74) is 8.03. The summed E-state index contributed by atoms with van der Waals surface area (Å²) in [6, 6.07) is 17.3. The van der Waals surface area contributed by atoms with Crippen molar-refractivity contribution < 1.29 is 15.0 Å². The van der Waals surface area contributed by atoms with Gasteiger partial charge in [0.2, 0.25) is 0 Å². The number of aliphatic hydroxyl groups excluding tert-OH is 1. The van der Waals surface area contributed by atoms with E-state index in [-0.39, 0.29) is 17.2 Å². The van der Waals surface area contributed by atoms with E-state index in [1.807, 2.05) is 32.0 Å². The number of carbonyl (C=O) groups is 1. The first-order valence-corrected chi connectivity index (χ1v) is 10.1. The number of pyridine rings is 1. The number of aromatic nitrogens is 1. The summed E-state index contributed by atoms with van der Waals surface area (Å²) in [5.74, 6) is 0.262. The molecular weight excluding hydrogens is 392 g/mol. The fourth-order valence-electron chi connectivity index (χ4n) is 3.29. The summed E-state index contributed by atoms with van der Waals surface area (Å²) >= 11 is 0. The monoisotopic (exact) mass is 420 g/mol. The normalized spacial score (nSPS) is 12.4. The molecule has 1 heterocycles. The largest absolute Gasteiger partial charge is 0.508 e. The number of nitrogen functional groups attached to an aromatic ring is 1. The van der Waals surface area contributed by atoms with Gasteiger partial charge in [-0.15, -0.1) is 0 Å². The van der Waals surface area contributed by atoms with Gasteiger partial charge in [0.05, 0.1) is 6.10 Å². The van der Waals surface area contributed by atoms with Crippen LogP contribution in [-0.4, -0.2) is 33.2 Å². The van der Waals surface area contributed by atoms with Gasteiger partial charge in [0.1, 0.15) is 11.6 Å². The molecule has 0 spiro atoms. The minimum absolute atomic E-state index is 0.0938. The van der Waals surface area contributed by atoms with E-state index >= 15 is 0 Å². The minimum atomic E-state index is -0.702. The number of phenolic OH excluding ortho intramolecular Hbond substituents is 1. The van der Waals surface area contributed by atoms with Gasteiger partial charge in [-0.25, -0.2) is 4.98 Å². The Morgan fingerprint density at radius 2 is 1.90 bits per heavy atom. The molecule has 0 fully saturated rings. The molecule has 31 heavy (non-hydrogen) atoms. The summed E-state index contributed by atoms with van der Waals surface area (Å²) in [5, 5.41) is 26.1. The fraction of sp³-hybridized carbons (Fsp3) is 0.250. The molecule has 7 heteroatoms. The Kier molecular flexibility index (Phi) is 6.89. The third kappa shape index (κ3) is 6.53. The number of nitrogens with two attached hydrogens (primary N) is 1. The van der Waals surface area contributed by atoms with Crippen LogP contribution in [0.25, 0.3) is 0 Å². The summed E-state index contributed by atoms with van der Waals surface area (Å²) in [7, 11) is 0. The van der Waals surface area contributed by atoms with Crippen LogP contribution < -0.4 is 16.4 Å². The summed E-state index contributed by atoms with van der Waals surface area (Å²) < 4.78 is 0. The number of β-amino-alcohol motifs (C(OH)–C–C–N with tert-alkyl or cyclic N) is 1. The molecular formula is C24H28N4O3. The highest BCUT2D eigenvalue weighted by Crippen LogP contribution is 2.19. The molecule has 3 aromatic rings. The van der Waals surface area contributed by atoms with Crippen LogP contribution in [0, 0.1) is 0 Å². The number of nitrogens with one attached hydrogen (secondary N) is 2. The summed E-state index contributed by atoms with van der Waals surface area (Å²) in [6.45, 7) is 4.44. The number of carbonyl (C=O) groups excluding carboxylic acids is 1. The molecule has 2 aromatic carbocycles. The number of amides is 1. The van der Waals surface area contributed by atoms with Crippen molar-refractivity contribution in [3.05, 3.63) is 83.6 Å². The van der Waals surface area contributed by atoms with Crippen molar-refractivity contribution in [1.29, 1.82) is 0 Å². The van der Waals surface area contributed by atoms with Crippen LogP contribution in [0.4, 0.5) is 11.5 Å². The van der Waals surface area contributed by atoms with Gasteiger partial charge in [0, 0.05) is 41.2 Å². The van der Waals surface area contributed by atoms with Crippen molar-refractivity contribution >= 4 is 17.4 Å². The molecule has 0 bridgehead atoms. The van der Waals surface area contributed by atoms with Gasteiger partial charge >= 0.3 is 0 Å². The van der Waals surface area contributed by atoms with Crippen LogP contribution in [-0.2, 0) is 6.42 Å². The van der Waals surface area contributed by atoms with Crippen LogP contribution in [0.5, 0.6) is 5.75 Å². The minimum Gasteiger partial charge on any atom is -0.508 e. The molecule has 0 saturated heterocycles. The lowest BCUT2D eigenvalue weighted by Gasteiger charge is -2.28. The molecule has 1 amide bonds. The molecule has 7 nitrogen and oxygen atoms in total. The molecule has 1 aromatic heterocycles. The Labute approximate surface area is 182 Å². The number of aromatic hydroxyl groups is 1. The Balaban J connectivity index is 1.60. The number of benzene rings is 2. The van der Waals surface area contributed by atoms with Gasteiger partial charge in [-0.05, 0) is 56.2 Å². The number of nitrogens with zero attached hydrogens (tertiary/aromatic N) is 1. The van der Waals surface area contributed by atoms with E-state index in [9.17, 15) is 15.0 Å². The van der Waals surface area contributed by atoms with Crippen molar-refractivity contribution in [3.63, 3.8) is 0 Å². The van der Waals surface area contributed by atoms with Crippen LogP contribution in [0.2, 0.25) is 0 Å². The average molecular weight is 421 g/mol. The number of rotatable bonds is 8. The Morgan fingerprint density at radius 1 is 1.13 bits per heavy atom. The predicted molar refractivity (Wildman–Crippen MR) is 122 cm³/mol. The molecule has 162 valence electrons. The number of phenols is 1. The van der Waals surface area contributed by atoms with Gasteiger partial charge in [-0.3, -0.25) is 4.79 Å². The highest BCUT2D eigenvalue weighted by Gasteiger charge is 2.20. The molecule has 6 N–H and O–H groups in total. The lowest BCUT2D eigenvalue weighted by molar-refractivity contribution is 0.102. The summed E-state index contributed by atoms with van der Waals surface area (Å²) in [6.07, 6.45) is 1.53. The first-order valence-electron chi connectivity index (χ1n) is 10.1. The number of anilines is 2. The van der Waals surface area contributed by atoms with E-state index < -0.39 is 6.10 Å². The van der Waals surface area contributed by atoms with E-state index in [4.69, 9.17) is 5.73 Å². The quantitative estimate of drug-likeness (QED) is 0.381. The Hall–Kier alpha value is -3.42. The maximum absolute atomic E-state index is 12.6. The Morgan fingerprint density at radius 3 is 2.61 bits per heavy atom. The molecule has 3 rings (SSSR count). The van der Waals surface area contributed by atoms with E-state index in [0.29, 0.717) is 35.6 Å². The summed E-state index contributed by atoms with van der Waals surface area (Å²) in [4.78, 5) is 16.6. The van der Waals surface area contributed by atoms with Crippen LogP contribution in [0.3, 0.4) is 0 Å². The second-order valence-corrected chi connectivity index (χ2v) is 8.18. The topological polar surface area (TPSA) is 120 Å². The lowest BCUT2D eigenvalue weighted by atomic mass is 9.93. The van der Waals surface area contributed by atoms with Gasteiger partial charge in [0.25, 0.3) is 5.91 Å². The van der Waals surface area contributed by atoms with Gasteiger partial charge in [-0.1, -0.05) is 24.3 Å². The highest BCUT2D eigenvalue weighted by molar-refractivity contribution is 6.04. The second-order valence-electron chi connectivity index (χ2n) is 8.18. The number of hydrogen-bond acceptors (Lipinski definition) is 6. The fourth-order valence-corrected chi connectivity index (χ4v) is 3.29. The van der Waals surface area contributed by atoms with Crippen LogP contribution in [0.1, 0.15) is 41.4 Å². The zero-order valence-corrected chi connectivity index (χ0v) is 17.7. The molecule has 0 unspecified atom stereocenters. The van der Waals surface area contributed by atoms with Crippen molar-refractivity contribution in [3.8, 4) is 5.75 Å². The smallest absolute Gasteiger partial charge is 0.255 e. The van der Waals surface area contributed by atoms with Crippen LogP contribution >= 0.6 is 0 Å². The van der Waals surface area contributed by atoms with Gasteiger partial charge in [-0.2, -0.15) is 0 Å². The molecule has 0 aliphatic carbocycles. The third-order valence-corrected chi connectivity index (χ3v) is 4.91. The third-order valence-electron chi connectivity index (χ3n) is 4.91. The maximum atomic E-state index is 12.6. The van der Waals surface area contributed by atoms with E-state index in [0.717, 1.165) is 5.56 Å². The lowest BCUT2D eigenvalue weighted by Crippen LogP contribution is -2.43. The molecule has 0 radical (unpaired) electrons. The molecule has 0 aliphatic rings. The maximum Gasteiger partial charge on any atom is 0.255 e. The first-order chi connectivity index (χ1) is 14.7. The van der Waals surface area contributed by atoms with Crippen molar-refractivity contribution in [2.24, 2.45) is 0 Å². The van der Waals surface area contributed by atoms with E-state index in [2.05, 4.69) is 15.6 Å². The van der Waals surface area contributed by atoms with Gasteiger partial charge in [0.15, 0.2) is 0 Å². The second kappa shape index (κ2) is 9.59. The predicted octanol–water partition coefficient (Wildman–Crippen LogP) is 3.27. The number of aliphatic hydroxyl groups is 1. The van der Waals surface area contributed by atoms with Crippen LogP contribution in [0.15, 0.2) is 66.9 Å². The average Bonchev–Trinajstić information content (AvgIpc) is 2.72. The molecule has 0 saturated carbocycles. The zero-order chi connectivity index (χ0) is 22.4. The zero-order valence-electron chi connectivity index (χ0n) is 17.7. The highest BCUT2D eigenvalue weighted by atomic mass is 16.3. The Bertz CT molecular complexity index is 1040. The molecule has 1 atom stereocenters. The van der Waals surface area contributed by atoms with Crippen molar-refractivity contribution in [2.75, 3.05) is 17.6 Å². The van der Waals surface area contributed by atoms with Gasteiger partial charge < -0.3 is 26.6 Å². The molecule has 0 aliphatic heterocycles. The number of hydrogen-bond donors (Lipinski definition) is 5. The van der Waals surface area contributed by atoms with Crippen molar-refractivity contribution in [2.45, 2.75) is 31.9 Å². The van der Waals surface area contributed by atoms with E-state index in [1.165, 1.54) is 6.07 Å². The SMILES string of the molecule is CC(C)(Cc1cccc(C(=O)Nc2cccc(O)c2)c1)NC[C@@H](O)c1ccc(N)nc1. The first kappa shape index (κ1) is 22.3. The standard InChI is InChI=1S/C24H28N4O3/c1-24(2,27-15-21(30)18-9-10-22(25)26-14-18)13-16-5-3-6-17(11-16)23(31)28-19-7-4-8-20(29)12-19/h3-12,14,21,27,29-30H,13,15H2,1-2H3,(H2,25,26)(H,28,31)/t21-/m1/s1.